The van der Waals surface area contributed by atoms with Crippen molar-refractivity contribution in [2.45, 2.75) is 6.04 Å². The summed E-state index contributed by atoms with van der Waals surface area (Å²) < 4.78 is 0. The fraction of sp³-hybridized carbons (Fsp3) is 0.125. The number of hydrogen-bond donors (Lipinski definition) is 1. The Balaban J connectivity index is 2.00. The van der Waals surface area contributed by atoms with Crippen LogP contribution >= 0.6 is 23.2 Å². The second kappa shape index (κ2) is 5.76. The van der Waals surface area contributed by atoms with Gasteiger partial charge in [0.2, 0.25) is 0 Å². The van der Waals surface area contributed by atoms with Crippen LogP contribution in [-0.4, -0.2) is 29.0 Å². The van der Waals surface area contributed by atoms with E-state index in [4.69, 9.17) is 23.2 Å². The minimum atomic E-state index is -0.752. The molecule has 7 heteroatoms. The molecule has 3 amide bonds. The highest BCUT2D eigenvalue weighted by molar-refractivity contribution is 6.42. The van der Waals surface area contributed by atoms with Crippen molar-refractivity contribution in [2.75, 3.05) is 11.9 Å². The monoisotopic (exact) mass is 350 g/mol. The number of anilines is 1. The zero-order valence-corrected chi connectivity index (χ0v) is 13.5. The highest BCUT2D eigenvalue weighted by Crippen LogP contribution is 2.35. The van der Waals surface area contributed by atoms with Crippen molar-refractivity contribution in [2.24, 2.45) is 0 Å². The molecule has 3 rings (SSSR count). The number of carbonyl (C=O) groups excluding carboxylic acids is 2. The number of urea groups is 1. The fourth-order valence-electron chi connectivity index (χ4n) is 2.53. The lowest BCUT2D eigenvalue weighted by molar-refractivity contribution is -0.119. The number of carbonyl (C=O) groups is 2. The van der Waals surface area contributed by atoms with Crippen LogP contribution in [-0.2, 0) is 4.79 Å². The van der Waals surface area contributed by atoms with Gasteiger partial charge in [-0.05, 0) is 35.9 Å². The molecular formula is C16H12Cl2N2O3. The van der Waals surface area contributed by atoms with Crippen LogP contribution in [0.5, 0.6) is 5.75 Å². The molecule has 1 unspecified atom stereocenters. The van der Waals surface area contributed by atoms with Gasteiger partial charge in [0.1, 0.15) is 11.8 Å². The van der Waals surface area contributed by atoms with Crippen LogP contribution in [0.1, 0.15) is 11.6 Å². The average Bonchev–Trinajstić information content (AvgIpc) is 2.74. The van der Waals surface area contributed by atoms with Crippen molar-refractivity contribution in [3.8, 4) is 5.75 Å². The molecule has 1 aliphatic heterocycles. The molecule has 23 heavy (non-hydrogen) atoms. The molecule has 2 aromatic carbocycles. The Morgan fingerprint density at radius 2 is 1.65 bits per heavy atom. The van der Waals surface area contributed by atoms with Crippen LogP contribution in [0.2, 0.25) is 10.0 Å². The molecule has 5 nitrogen and oxygen atoms in total. The van der Waals surface area contributed by atoms with Crippen LogP contribution in [0, 0.1) is 0 Å². The van der Waals surface area contributed by atoms with Gasteiger partial charge < -0.3 is 10.0 Å². The summed E-state index contributed by atoms with van der Waals surface area (Å²) >= 11 is 11.8. The molecule has 1 saturated heterocycles. The maximum atomic E-state index is 12.7. The first kappa shape index (κ1) is 15.6. The van der Waals surface area contributed by atoms with E-state index in [1.165, 1.54) is 29.2 Å². The smallest absolute Gasteiger partial charge is 0.332 e. The zero-order valence-electron chi connectivity index (χ0n) is 12.0. The molecule has 1 aliphatic rings. The summed E-state index contributed by atoms with van der Waals surface area (Å²) in [5.41, 5.74) is 0.980. The van der Waals surface area contributed by atoms with Gasteiger partial charge in [0.05, 0.1) is 15.7 Å². The maximum Gasteiger partial charge on any atom is 0.332 e. The van der Waals surface area contributed by atoms with Crippen molar-refractivity contribution in [3.05, 3.63) is 58.1 Å². The third-order valence-corrected chi connectivity index (χ3v) is 4.44. The molecular weight excluding hydrogens is 339 g/mol. The van der Waals surface area contributed by atoms with Crippen LogP contribution < -0.4 is 4.90 Å². The number of imide groups is 1. The number of amides is 3. The normalized spacial score (nSPS) is 18.0. The third-order valence-electron chi connectivity index (χ3n) is 3.70. The van der Waals surface area contributed by atoms with Crippen molar-refractivity contribution in [3.63, 3.8) is 0 Å². The van der Waals surface area contributed by atoms with E-state index in [1.54, 1.807) is 25.2 Å². The Hall–Kier alpha value is -2.24. The summed E-state index contributed by atoms with van der Waals surface area (Å²) in [6.45, 7) is 0. The van der Waals surface area contributed by atoms with Crippen LogP contribution in [0.15, 0.2) is 42.5 Å². The lowest BCUT2D eigenvalue weighted by atomic mass is 10.1. The molecule has 1 heterocycles. The van der Waals surface area contributed by atoms with Gasteiger partial charge in [0.15, 0.2) is 0 Å². The van der Waals surface area contributed by atoms with E-state index in [-0.39, 0.29) is 16.7 Å². The number of benzene rings is 2. The van der Waals surface area contributed by atoms with E-state index in [9.17, 15) is 14.7 Å². The Morgan fingerprint density at radius 3 is 2.26 bits per heavy atom. The second-order valence-corrected chi connectivity index (χ2v) is 5.97. The quantitative estimate of drug-likeness (QED) is 0.837. The Bertz CT molecular complexity index is 792. The Morgan fingerprint density at radius 1 is 1.00 bits per heavy atom. The van der Waals surface area contributed by atoms with Crippen LogP contribution in [0.25, 0.3) is 0 Å². The van der Waals surface area contributed by atoms with E-state index >= 15 is 0 Å². The van der Waals surface area contributed by atoms with Gasteiger partial charge >= 0.3 is 6.03 Å². The minimum Gasteiger partial charge on any atom is -0.508 e. The van der Waals surface area contributed by atoms with Gasteiger partial charge in [-0.3, -0.25) is 4.79 Å². The first-order valence-corrected chi connectivity index (χ1v) is 7.50. The molecule has 118 valence electrons. The zero-order chi connectivity index (χ0) is 16.7. The number of phenols is 1. The first-order valence-electron chi connectivity index (χ1n) is 6.75. The summed E-state index contributed by atoms with van der Waals surface area (Å²) in [5, 5.41) is 9.98. The molecule has 0 aliphatic carbocycles. The van der Waals surface area contributed by atoms with Crippen LogP contribution in [0.4, 0.5) is 10.5 Å². The molecule has 1 N–H and O–H groups in total. The van der Waals surface area contributed by atoms with E-state index in [0.717, 1.165) is 4.90 Å². The molecule has 0 bridgehead atoms. The summed E-state index contributed by atoms with van der Waals surface area (Å²) in [4.78, 5) is 27.6. The number of likely N-dealkylation sites (N-methyl/N-ethyl adjacent to an activating group) is 1. The molecule has 1 atom stereocenters. The van der Waals surface area contributed by atoms with Gasteiger partial charge in [0, 0.05) is 7.05 Å². The number of halogens is 2. The van der Waals surface area contributed by atoms with Gasteiger partial charge in [-0.25, -0.2) is 9.69 Å². The second-order valence-electron chi connectivity index (χ2n) is 5.16. The molecule has 0 radical (unpaired) electrons. The Labute approximate surface area is 142 Å². The molecule has 2 aromatic rings. The van der Waals surface area contributed by atoms with Crippen molar-refractivity contribution in [1.82, 2.24) is 4.90 Å². The van der Waals surface area contributed by atoms with E-state index in [0.29, 0.717) is 16.3 Å². The Kier molecular flexibility index (Phi) is 3.92. The van der Waals surface area contributed by atoms with Gasteiger partial charge in [-0.1, -0.05) is 35.3 Å². The lowest BCUT2D eigenvalue weighted by Gasteiger charge is -2.16. The minimum absolute atomic E-state index is 0.0921. The number of hydrogen-bond acceptors (Lipinski definition) is 3. The van der Waals surface area contributed by atoms with Crippen molar-refractivity contribution < 1.29 is 14.7 Å². The molecule has 1 fully saturated rings. The molecule has 0 aromatic heterocycles. The highest BCUT2D eigenvalue weighted by Gasteiger charge is 2.44. The number of rotatable bonds is 2. The third kappa shape index (κ3) is 2.62. The van der Waals surface area contributed by atoms with Crippen molar-refractivity contribution >= 4 is 40.8 Å². The van der Waals surface area contributed by atoms with Gasteiger partial charge in [0.25, 0.3) is 5.91 Å². The average molecular weight is 351 g/mol. The van der Waals surface area contributed by atoms with Gasteiger partial charge in [-0.15, -0.1) is 0 Å². The van der Waals surface area contributed by atoms with E-state index < -0.39 is 12.1 Å². The highest BCUT2D eigenvalue weighted by atomic mass is 35.5. The number of aromatic hydroxyl groups is 1. The number of nitrogens with zero attached hydrogens (tertiary/aromatic N) is 2. The van der Waals surface area contributed by atoms with Crippen molar-refractivity contribution in [1.29, 1.82) is 0 Å². The van der Waals surface area contributed by atoms with E-state index in [2.05, 4.69) is 0 Å². The SMILES string of the molecule is CN1C(=O)N(c2ccc(Cl)c(Cl)c2)C(=O)C1c1ccc(O)cc1. The summed E-state index contributed by atoms with van der Waals surface area (Å²) in [5.74, 6) is -0.295. The summed E-state index contributed by atoms with van der Waals surface area (Å²) in [7, 11) is 1.55. The summed E-state index contributed by atoms with van der Waals surface area (Å²) in [6, 6.07) is 9.55. The predicted molar refractivity (Wildman–Crippen MR) is 88.0 cm³/mol. The largest absolute Gasteiger partial charge is 0.508 e. The fourth-order valence-corrected chi connectivity index (χ4v) is 2.83. The summed E-state index contributed by atoms with van der Waals surface area (Å²) in [6.07, 6.45) is 0. The molecule has 0 saturated carbocycles. The lowest BCUT2D eigenvalue weighted by Crippen LogP contribution is -2.31. The van der Waals surface area contributed by atoms with Crippen LogP contribution in [0.3, 0.4) is 0 Å². The van der Waals surface area contributed by atoms with E-state index in [1.807, 2.05) is 0 Å². The topological polar surface area (TPSA) is 60.9 Å². The molecule has 0 spiro atoms. The first-order chi connectivity index (χ1) is 10.9. The predicted octanol–water partition coefficient (Wildman–Crippen LogP) is 3.84. The maximum absolute atomic E-state index is 12.7. The number of phenolic OH excluding ortho intramolecular Hbond substituents is 1. The van der Waals surface area contributed by atoms with Gasteiger partial charge in [-0.2, -0.15) is 0 Å². The standard InChI is InChI=1S/C16H12Cl2N2O3/c1-19-14(9-2-5-11(21)6-3-9)15(22)20(16(19)23)10-4-7-12(17)13(18)8-10/h2-8,14,21H,1H3.